The molecule has 0 spiro atoms. The largest absolute Gasteiger partial charge is 0.478 e. The van der Waals surface area contributed by atoms with Crippen LogP contribution in [0.5, 0.6) is 0 Å². The number of aliphatic carboxylic acids is 1. The van der Waals surface area contributed by atoms with Gasteiger partial charge in [0, 0.05) is 40.5 Å². The molecule has 148 valence electrons. The summed E-state index contributed by atoms with van der Waals surface area (Å²) in [5.41, 5.74) is 3.70. The Kier molecular flexibility index (Phi) is 5.40. The zero-order valence-corrected chi connectivity index (χ0v) is 16.9. The molecule has 30 heavy (non-hydrogen) atoms. The van der Waals surface area contributed by atoms with Crippen molar-refractivity contribution in [2.45, 2.75) is 0 Å². The van der Waals surface area contributed by atoms with Gasteiger partial charge in [-0.25, -0.2) is 9.78 Å². The number of fused-ring (bicyclic) bond motifs is 1. The molecule has 2 heterocycles. The van der Waals surface area contributed by atoms with Crippen molar-refractivity contribution in [1.82, 2.24) is 9.97 Å². The summed E-state index contributed by atoms with van der Waals surface area (Å²) < 4.78 is 0. The fourth-order valence-electron chi connectivity index (χ4n) is 3.16. The van der Waals surface area contributed by atoms with E-state index in [1.165, 1.54) is 6.08 Å². The SMILES string of the molecule is O=C(O)C=Cc1cccc(-c2cnc3[nH]cc(C(=O)c4cccc(Cl)c4Cl)c3c2)c1. The van der Waals surface area contributed by atoms with Crippen molar-refractivity contribution < 1.29 is 14.7 Å². The maximum Gasteiger partial charge on any atom is 0.328 e. The van der Waals surface area contributed by atoms with E-state index in [0.29, 0.717) is 27.2 Å². The summed E-state index contributed by atoms with van der Waals surface area (Å²) in [6.07, 6.45) is 5.90. The van der Waals surface area contributed by atoms with Crippen molar-refractivity contribution in [2.24, 2.45) is 0 Å². The van der Waals surface area contributed by atoms with Crippen molar-refractivity contribution in [2.75, 3.05) is 0 Å². The molecule has 4 aromatic rings. The van der Waals surface area contributed by atoms with Gasteiger partial charge in [-0.2, -0.15) is 0 Å². The van der Waals surface area contributed by atoms with E-state index in [1.54, 1.807) is 36.7 Å². The maximum atomic E-state index is 13.1. The lowest BCUT2D eigenvalue weighted by Crippen LogP contribution is -2.01. The van der Waals surface area contributed by atoms with Gasteiger partial charge in [-0.3, -0.25) is 4.79 Å². The Morgan fingerprint density at radius 3 is 2.60 bits per heavy atom. The average molecular weight is 437 g/mol. The van der Waals surface area contributed by atoms with Gasteiger partial charge in [0.25, 0.3) is 0 Å². The molecule has 0 radical (unpaired) electrons. The van der Waals surface area contributed by atoms with Crippen LogP contribution in [-0.4, -0.2) is 26.8 Å². The van der Waals surface area contributed by atoms with Gasteiger partial charge in [0.15, 0.2) is 5.78 Å². The number of rotatable bonds is 5. The predicted octanol–water partition coefficient (Wildman–Crippen LogP) is 5.87. The summed E-state index contributed by atoms with van der Waals surface area (Å²) >= 11 is 12.3. The van der Waals surface area contributed by atoms with E-state index >= 15 is 0 Å². The molecule has 0 saturated carbocycles. The first-order valence-electron chi connectivity index (χ1n) is 8.91. The van der Waals surface area contributed by atoms with E-state index in [4.69, 9.17) is 28.3 Å². The minimum absolute atomic E-state index is 0.209. The highest BCUT2D eigenvalue weighted by Gasteiger charge is 2.19. The van der Waals surface area contributed by atoms with Crippen LogP contribution < -0.4 is 0 Å². The number of carboxylic acid groups (broad SMARTS) is 1. The molecule has 2 aromatic heterocycles. The number of carbonyl (C=O) groups is 2. The van der Waals surface area contributed by atoms with Gasteiger partial charge in [-0.05, 0) is 41.5 Å². The van der Waals surface area contributed by atoms with Crippen molar-refractivity contribution in [1.29, 1.82) is 0 Å². The number of aromatic amines is 1. The molecule has 0 atom stereocenters. The van der Waals surface area contributed by atoms with Crippen LogP contribution in [0.2, 0.25) is 10.0 Å². The van der Waals surface area contributed by atoms with Crippen LogP contribution in [0.15, 0.2) is 67.0 Å². The third kappa shape index (κ3) is 3.85. The second kappa shape index (κ2) is 8.14. The monoisotopic (exact) mass is 436 g/mol. The Labute approximate surface area is 181 Å². The number of halogens is 2. The summed E-state index contributed by atoms with van der Waals surface area (Å²) in [5, 5.41) is 9.99. The lowest BCUT2D eigenvalue weighted by Gasteiger charge is -2.06. The number of aromatic nitrogens is 2. The minimum atomic E-state index is -1.02. The number of carboxylic acids is 1. The number of carbonyl (C=O) groups excluding carboxylic acids is 1. The van der Waals surface area contributed by atoms with Crippen LogP contribution in [-0.2, 0) is 4.79 Å². The Bertz CT molecular complexity index is 1330. The van der Waals surface area contributed by atoms with E-state index in [-0.39, 0.29) is 10.8 Å². The number of benzene rings is 2. The number of pyridine rings is 1. The number of hydrogen-bond acceptors (Lipinski definition) is 3. The molecule has 0 fully saturated rings. The lowest BCUT2D eigenvalue weighted by molar-refractivity contribution is -0.131. The summed E-state index contributed by atoms with van der Waals surface area (Å²) in [7, 11) is 0. The van der Waals surface area contributed by atoms with Crippen LogP contribution in [0.3, 0.4) is 0 Å². The Morgan fingerprint density at radius 2 is 1.80 bits per heavy atom. The average Bonchev–Trinajstić information content (AvgIpc) is 3.17. The van der Waals surface area contributed by atoms with E-state index < -0.39 is 5.97 Å². The number of hydrogen-bond donors (Lipinski definition) is 2. The lowest BCUT2D eigenvalue weighted by atomic mass is 10.00. The van der Waals surface area contributed by atoms with Crippen LogP contribution >= 0.6 is 23.2 Å². The number of nitrogens with one attached hydrogen (secondary N) is 1. The van der Waals surface area contributed by atoms with Crippen molar-refractivity contribution in [3.05, 3.63) is 93.7 Å². The van der Waals surface area contributed by atoms with Crippen molar-refractivity contribution in [3.8, 4) is 11.1 Å². The molecule has 0 amide bonds. The van der Waals surface area contributed by atoms with Gasteiger partial charge in [0.05, 0.1) is 10.0 Å². The molecule has 2 aromatic carbocycles. The van der Waals surface area contributed by atoms with Gasteiger partial charge in [-0.1, -0.05) is 47.5 Å². The fraction of sp³-hybridized carbons (Fsp3) is 0. The molecule has 0 saturated heterocycles. The van der Waals surface area contributed by atoms with Crippen LogP contribution in [0.25, 0.3) is 28.2 Å². The first-order chi connectivity index (χ1) is 14.4. The van der Waals surface area contributed by atoms with E-state index in [1.807, 2.05) is 24.3 Å². The maximum absolute atomic E-state index is 13.1. The summed E-state index contributed by atoms with van der Waals surface area (Å²) in [5.74, 6) is -1.27. The highest BCUT2D eigenvalue weighted by atomic mass is 35.5. The zero-order chi connectivity index (χ0) is 21.3. The van der Waals surface area contributed by atoms with E-state index in [9.17, 15) is 9.59 Å². The first-order valence-corrected chi connectivity index (χ1v) is 9.67. The third-order valence-corrected chi connectivity index (χ3v) is 5.43. The minimum Gasteiger partial charge on any atom is -0.478 e. The standard InChI is InChI=1S/C23H14Cl2N2O3/c24-19-6-2-5-16(21(19)25)22(30)18-12-27-23-17(18)10-15(11-26-23)14-4-1-3-13(9-14)7-8-20(28)29/h1-12H,(H,26,27)(H,28,29). The fourth-order valence-corrected chi connectivity index (χ4v) is 3.55. The van der Waals surface area contributed by atoms with Gasteiger partial charge in [0.1, 0.15) is 5.65 Å². The molecule has 5 nitrogen and oxygen atoms in total. The summed E-state index contributed by atoms with van der Waals surface area (Å²) in [6, 6.07) is 14.2. The van der Waals surface area contributed by atoms with Crippen LogP contribution in [0, 0.1) is 0 Å². The number of ketones is 1. The Balaban J connectivity index is 1.77. The highest BCUT2D eigenvalue weighted by Crippen LogP contribution is 2.31. The van der Waals surface area contributed by atoms with Gasteiger partial charge in [0.2, 0.25) is 0 Å². The van der Waals surface area contributed by atoms with Crippen molar-refractivity contribution in [3.63, 3.8) is 0 Å². The molecular weight excluding hydrogens is 423 g/mol. The van der Waals surface area contributed by atoms with Gasteiger partial charge >= 0.3 is 5.97 Å². The summed E-state index contributed by atoms with van der Waals surface area (Å²) in [6.45, 7) is 0. The normalized spacial score (nSPS) is 11.3. The number of nitrogens with zero attached hydrogens (tertiary/aromatic N) is 1. The van der Waals surface area contributed by atoms with Crippen molar-refractivity contribution >= 4 is 52.1 Å². The predicted molar refractivity (Wildman–Crippen MR) is 118 cm³/mol. The molecule has 0 aliphatic heterocycles. The van der Waals surface area contributed by atoms with Gasteiger partial charge in [-0.15, -0.1) is 0 Å². The molecule has 4 rings (SSSR count). The molecule has 7 heteroatoms. The topological polar surface area (TPSA) is 83.0 Å². The second-order valence-corrected chi connectivity index (χ2v) is 7.34. The second-order valence-electron chi connectivity index (χ2n) is 6.55. The first kappa shape index (κ1) is 19.9. The molecule has 0 unspecified atom stereocenters. The summed E-state index contributed by atoms with van der Waals surface area (Å²) in [4.78, 5) is 31.3. The van der Waals surface area contributed by atoms with Gasteiger partial charge < -0.3 is 10.1 Å². The smallest absolute Gasteiger partial charge is 0.328 e. The molecule has 0 bridgehead atoms. The van der Waals surface area contributed by atoms with E-state index in [0.717, 1.165) is 22.8 Å². The Morgan fingerprint density at radius 1 is 1.00 bits per heavy atom. The highest BCUT2D eigenvalue weighted by molar-refractivity contribution is 6.44. The third-order valence-electron chi connectivity index (χ3n) is 4.61. The van der Waals surface area contributed by atoms with E-state index in [2.05, 4.69) is 9.97 Å². The molecule has 0 aliphatic carbocycles. The molecule has 0 aliphatic rings. The van der Waals surface area contributed by atoms with Crippen LogP contribution in [0.1, 0.15) is 21.5 Å². The molecule has 2 N–H and O–H groups in total. The van der Waals surface area contributed by atoms with Crippen LogP contribution in [0.4, 0.5) is 0 Å². The zero-order valence-electron chi connectivity index (χ0n) is 15.4. The quantitative estimate of drug-likeness (QED) is 0.302. The Hall–Kier alpha value is -3.41. The number of H-pyrrole nitrogens is 1. The molecular formula is C23H14Cl2N2O3.